The predicted molar refractivity (Wildman–Crippen MR) is 80.0 cm³/mol. The van der Waals surface area contributed by atoms with E-state index in [4.69, 9.17) is 5.11 Å². The Bertz CT molecular complexity index is 602. The molecule has 2 rings (SSSR count). The van der Waals surface area contributed by atoms with Gasteiger partial charge in [-0.3, -0.25) is 4.79 Å². The summed E-state index contributed by atoms with van der Waals surface area (Å²) in [5.74, 6) is 0.123. The van der Waals surface area contributed by atoms with Gasteiger partial charge in [-0.25, -0.2) is 4.98 Å². The quantitative estimate of drug-likeness (QED) is 0.841. The van der Waals surface area contributed by atoms with Gasteiger partial charge in [-0.05, 0) is 30.5 Å². The molecule has 0 fully saturated rings. The molecular formula is C16H22N2O2. The number of hydrogen-bond acceptors (Lipinski definition) is 2. The molecule has 108 valence electrons. The molecule has 0 saturated heterocycles. The maximum atomic E-state index is 10.8. The number of benzene rings is 1. The largest absolute Gasteiger partial charge is 0.481 e. The lowest BCUT2D eigenvalue weighted by Gasteiger charge is -2.07. The zero-order valence-corrected chi connectivity index (χ0v) is 12.2. The van der Waals surface area contributed by atoms with E-state index < -0.39 is 5.97 Å². The summed E-state index contributed by atoms with van der Waals surface area (Å²) in [5.41, 5.74) is 3.37. The van der Waals surface area contributed by atoms with Crippen molar-refractivity contribution in [2.24, 2.45) is 0 Å². The average molecular weight is 274 g/mol. The summed E-state index contributed by atoms with van der Waals surface area (Å²) < 4.78 is 2.18. The van der Waals surface area contributed by atoms with E-state index in [1.165, 1.54) is 5.56 Å². The molecule has 1 heterocycles. The fourth-order valence-electron chi connectivity index (χ4n) is 2.42. The molecule has 4 heteroatoms. The van der Waals surface area contributed by atoms with Crippen molar-refractivity contribution in [3.8, 4) is 0 Å². The molecule has 0 amide bonds. The van der Waals surface area contributed by atoms with Crippen molar-refractivity contribution in [2.75, 3.05) is 0 Å². The van der Waals surface area contributed by atoms with Crippen LogP contribution in [0.15, 0.2) is 18.2 Å². The maximum Gasteiger partial charge on any atom is 0.303 e. The molecule has 0 bridgehead atoms. The molecule has 1 N–H and O–H groups in total. The van der Waals surface area contributed by atoms with Crippen molar-refractivity contribution in [3.63, 3.8) is 0 Å². The zero-order chi connectivity index (χ0) is 14.5. The van der Waals surface area contributed by atoms with E-state index in [1.807, 2.05) is 0 Å². The van der Waals surface area contributed by atoms with Crippen molar-refractivity contribution in [2.45, 2.75) is 52.5 Å². The van der Waals surface area contributed by atoms with Gasteiger partial charge in [-0.1, -0.05) is 26.3 Å². The Balaban J connectivity index is 2.39. The molecule has 0 unspecified atom stereocenters. The third-order valence-electron chi connectivity index (χ3n) is 3.60. The molecule has 0 spiro atoms. The highest BCUT2D eigenvalue weighted by molar-refractivity contribution is 5.77. The van der Waals surface area contributed by atoms with Crippen LogP contribution in [0.5, 0.6) is 0 Å². The van der Waals surface area contributed by atoms with Crippen LogP contribution in [0.3, 0.4) is 0 Å². The van der Waals surface area contributed by atoms with Gasteiger partial charge in [0.25, 0.3) is 0 Å². The van der Waals surface area contributed by atoms with Crippen LogP contribution in [0, 0.1) is 0 Å². The standard InChI is InChI=1S/C16H22N2O2/c1-3-5-10-18-14-7-6-12(4-2)11-13(14)17-15(18)8-9-16(19)20/h6-7,11H,3-5,8-10H2,1-2H3,(H,19,20). The Morgan fingerprint density at radius 2 is 2.15 bits per heavy atom. The van der Waals surface area contributed by atoms with Crippen LogP contribution < -0.4 is 0 Å². The Hall–Kier alpha value is -1.84. The van der Waals surface area contributed by atoms with Gasteiger partial charge in [0.15, 0.2) is 0 Å². The van der Waals surface area contributed by atoms with Gasteiger partial charge in [0.1, 0.15) is 5.82 Å². The topological polar surface area (TPSA) is 55.1 Å². The van der Waals surface area contributed by atoms with Gasteiger partial charge in [0.2, 0.25) is 0 Å². The Kier molecular flexibility index (Phi) is 4.77. The van der Waals surface area contributed by atoms with E-state index in [2.05, 4.69) is 41.6 Å². The number of carboxylic acid groups (broad SMARTS) is 1. The van der Waals surface area contributed by atoms with Gasteiger partial charge in [0.05, 0.1) is 17.5 Å². The molecule has 4 nitrogen and oxygen atoms in total. The highest BCUT2D eigenvalue weighted by Crippen LogP contribution is 2.20. The molecule has 0 aliphatic rings. The first-order valence-electron chi connectivity index (χ1n) is 7.35. The first-order valence-corrected chi connectivity index (χ1v) is 7.35. The first-order chi connectivity index (χ1) is 9.65. The number of unbranched alkanes of at least 4 members (excludes halogenated alkanes) is 1. The summed E-state index contributed by atoms with van der Waals surface area (Å²) in [6.45, 7) is 5.19. The van der Waals surface area contributed by atoms with Crippen molar-refractivity contribution in [1.82, 2.24) is 9.55 Å². The van der Waals surface area contributed by atoms with Crippen LogP contribution in [0.4, 0.5) is 0 Å². The molecule has 1 aromatic carbocycles. The lowest BCUT2D eigenvalue weighted by Crippen LogP contribution is -2.06. The molecule has 2 aromatic rings. The van der Waals surface area contributed by atoms with Crippen LogP contribution >= 0.6 is 0 Å². The van der Waals surface area contributed by atoms with Gasteiger partial charge in [-0.2, -0.15) is 0 Å². The number of rotatable bonds is 7. The van der Waals surface area contributed by atoms with E-state index in [9.17, 15) is 4.79 Å². The van der Waals surface area contributed by atoms with Crippen molar-refractivity contribution in [1.29, 1.82) is 0 Å². The van der Waals surface area contributed by atoms with E-state index in [0.717, 1.165) is 42.7 Å². The van der Waals surface area contributed by atoms with E-state index in [1.54, 1.807) is 0 Å². The highest BCUT2D eigenvalue weighted by Gasteiger charge is 2.12. The minimum absolute atomic E-state index is 0.135. The van der Waals surface area contributed by atoms with Crippen LogP contribution in [-0.2, 0) is 24.2 Å². The number of imidazole rings is 1. The molecule has 0 aliphatic heterocycles. The van der Waals surface area contributed by atoms with E-state index in [0.29, 0.717) is 6.42 Å². The van der Waals surface area contributed by atoms with Crippen molar-refractivity contribution < 1.29 is 9.90 Å². The summed E-state index contributed by atoms with van der Waals surface area (Å²) in [6.07, 6.45) is 3.82. The van der Waals surface area contributed by atoms with Crippen LogP contribution in [0.1, 0.15) is 44.5 Å². The van der Waals surface area contributed by atoms with Gasteiger partial charge >= 0.3 is 5.97 Å². The van der Waals surface area contributed by atoms with Crippen LogP contribution in [0.2, 0.25) is 0 Å². The number of fused-ring (bicyclic) bond motifs is 1. The summed E-state index contributed by atoms with van der Waals surface area (Å²) >= 11 is 0. The fourth-order valence-corrected chi connectivity index (χ4v) is 2.42. The SMILES string of the molecule is CCCCn1c(CCC(=O)O)nc2cc(CC)ccc21. The van der Waals surface area contributed by atoms with Gasteiger partial charge in [-0.15, -0.1) is 0 Å². The van der Waals surface area contributed by atoms with Crippen molar-refractivity contribution >= 4 is 17.0 Å². The minimum Gasteiger partial charge on any atom is -0.481 e. The normalized spacial score (nSPS) is 11.1. The molecule has 1 aromatic heterocycles. The third-order valence-corrected chi connectivity index (χ3v) is 3.60. The number of nitrogens with zero attached hydrogens (tertiary/aromatic N) is 2. The van der Waals surface area contributed by atoms with Gasteiger partial charge < -0.3 is 9.67 Å². The molecule has 0 atom stereocenters. The van der Waals surface area contributed by atoms with E-state index >= 15 is 0 Å². The second-order valence-corrected chi connectivity index (χ2v) is 5.10. The lowest BCUT2D eigenvalue weighted by molar-refractivity contribution is -0.137. The molecular weight excluding hydrogens is 252 g/mol. The second-order valence-electron chi connectivity index (χ2n) is 5.10. The highest BCUT2D eigenvalue weighted by atomic mass is 16.4. The predicted octanol–water partition coefficient (Wildman–Crippen LogP) is 3.42. The molecule has 0 saturated carbocycles. The minimum atomic E-state index is -0.770. The summed E-state index contributed by atoms with van der Waals surface area (Å²) in [7, 11) is 0. The number of aromatic nitrogens is 2. The third kappa shape index (κ3) is 3.18. The fraction of sp³-hybridized carbons (Fsp3) is 0.500. The molecule has 0 radical (unpaired) electrons. The van der Waals surface area contributed by atoms with Crippen LogP contribution in [0.25, 0.3) is 11.0 Å². The van der Waals surface area contributed by atoms with Crippen molar-refractivity contribution in [3.05, 3.63) is 29.6 Å². The summed E-state index contributed by atoms with van der Waals surface area (Å²) in [4.78, 5) is 15.4. The van der Waals surface area contributed by atoms with Crippen LogP contribution in [-0.4, -0.2) is 20.6 Å². The maximum absolute atomic E-state index is 10.8. The Morgan fingerprint density at radius 1 is 1.35 bits per heavy atom. The number of carbonyl (C=O) groups is 1. The first kappa shape index (κ1) is 14.6. The summed E-state index contributed by atoms with van der Waals surface area (Å²) in [6, 6.07) is 6.36. The number of hydrogen-bond donors (Lipinski definition) is 1. The number of aliphatic carboxylic acids is 1. The zero-order valence-electron chi connectivity index (χ0n) is 12.2. The Labute approximate surface area is 119 Å². The lowest BCUT2D eigenvalue weighted by atomic mass is 10.1. The molecule has 0 aliphatic carbocycles. The smallest absolute Gasteiger partial charge is 0.303 e. The Morgan fingerprint density at radius 3 is 2.80 bits per heavy atom. The second kappa shape index (κ2) is 6.55. The molecule has 20 heavy (non-hydrogen) atoms. The van der Waals surface area contributed by atoms with Gasteiger partial charge in [0, 0.05) is 13.0 Å². The summed E-state index contributed by atoms with van der Waals surface area (Å²) in [5, 5.41) is 8.86. The average Bonchev–Trinajstić information content (AvgIpc) is 2.79. The monoisotopic (exact) mass is 274 g/mol. The number of aryl methyl sites for hydroxylation is 3. The number of carboxylic acids is 1. The van der Waals surface area contributed by atoms with E-state index in [-0.39, 0.29) is 6.42 Å².